The minimum absolute atomic E-state index is 0.118. The highest BCUT2D eigenvalue weighted by Gasteiger charge is 2.24. The van der Waals surface area contributed by atoms with Gasteiger partial charge < -0.3 is 11.1 Å². The molecule has 0 radical (unpaired) electrons. The molecule has 0 aliphatic carbocycles. The summed E-state index contributed by atoms with van der Waals surface area (Å²) in [4.78, 5) is 10.5. The molecule has 1 heterocycles. The number of nitrogens with one attached hydrogen (secondary N) is 1. The van der Waals surface area contributed by atoms with Gasteiger partial charge in [-0.25, -0.2) is 4.39 Å². The van der Waals surface area contributed by atoms with Crippen molar-refractivity contribution in [3.05, 3.63) is 0 Å². The van der Waals surface area contributed by atoms with E-state index in [4.69, 9.17) is 5.73 Å². The molecule has 0 aromatic heterocycles. The Kier molecular flexibility index (Phi) is 1.66. The molecule has 1 rings (SSSR count). The summed E-state index contributed by atoms with van der Waals surface area (Å²) in [5, 5.41) is 2.34. The van der Waals surface area contributed by atoms with Gasteiger partial charge in [-0.1, -0.05) is 0 Å². The molecule has 52 valence electrons. The molecule has 1 aliphatic heterocycles. The number of rotatable bonds is 0. The summed E-state index contributed by atoms with van der Waals surface area (Å²) in [6, 6.07) is -0.645. The molecule has 0 bridgehead atoms. The lowest BCUT2D eigenvalue weighted by molar-refractivity contribution is -0.124. The maximum Gasteiger partial charge on any atom is 0.237 e. The summed E-state index contributed by atoms with van der Waals surface area (Å²) in [5.74, 6) is -0.246. The predicted octanol–water partition coefficient (Wildman–Crippen LogP) is -0.828. The minimum Gasteiger partial charge on any atom is -0.352 e. The fourth-order valence-electron chi connectivity index (χ4n) is 0.808. The standard InChI is InChI=1S/C5H9FN2O/c6-3-1-4(7)5(9)8-2-3/h3-4H,1-2,7H2,(H,8,9)/t3-,4+/m1/s1. The average Bonchev–Trinajstić information content (AvgIpc) is 1.80. The van der Waals surface area contributed by atoms with Crippen molar-refractivity contribution in [1.82, 2.24) is 5.32 Å². The van der Waals surface area contributed by atoms with Gasteiger partial charge in [0.1, 0.15) is 6.17 Å². The first kappa shape index (κ1) is 6.48. The van der Waals surface area contributed by atoms with Crippen molar-refractivity contribution in [2.45, 2.75) is 18.6 Å². The van der Waals surface area contributed by atoms with Gasteiger partial charge in [-0.15, -0.1) is 0 Å². The van der Waals surface area contributed by atoms with Gasteiger partial charge in [0.25, 0.3) is 0 Å². The van der Waals surface area contributed by atoms with Crippen LogP contribution in [0, 0.1) is 0 Å². The number of hydrogen-bond acceptors (Lipinski definition) is 2. The molecule has 0 saturated carbocycles. The van der Waals surface area contributed by atoms with Crippen molar-refractivity contribution in [1.29, 1.82) is 0 Å². The number of carbonyl (C=O) groups is 1. The molecule has 0 aromatic carbocycles. The van der Waals surface area contributed by atoms with Crippen molar-refractivity contribution in [2.75, 3.05) is 6.54 Å². The van der Waals surface area contributed by atoms with Crippen LogP contribution in [0.25, 0.3) is 0 Å². The summed E-state index contributed by atoms with van der Waals surface area (Å²) in [6.45, 7) is 0.118. The van der Waals surface area contributed by atoms with Gasteiger partial charge >= 0.3 is 0 Å². The molecule has 3 N–H and O–H groups in total. The van der Waals surface area contributed by atoms with Gasteiger partial charge in [0.05, 0.1) is 6.04 Å². The number of piperidine rings is 1. The Morgan fingerprint density at radius 3 is 2.89 bits per heavy atom. The Labute approximate surface area is 52.4 Å². The van der Waals surface area contributed by atoms with Gasteiger partial charge in [-0.05, 0) is 0 Å². The molecule has 1 fully saturated rings. The lowest BCUT2D eigenvalue weighted by atomic mass is 10.1. The van der Waals surface area contributed by atoms with Crippen LogP contribution < -0.4 is 11.1 Å². The van der Waals surface area contributed by atoms with Gasteiger partial charge in [0.2, 0.25) is 5.91 Å². The van der Waals surface area contributed by atoms with Gasteiger partial charge in [0, 0.05) is 13.0 Å². The van der Waals surface area contributed by atoms with Crippen molar-refractivity contribution < 1.29 is 9.18 Å². The van der Waals surface area contributed by atoms with E-state index in [0.717, 1.165) is 0 Å². The zero-order valence-electron chi connectivity index (χ0n) is 4.93. The zero-order chi connectivity index (χ0) is 6.85. The van der Waals surface area contributed by atoms with Crippen molar-refractivity contribution in [3.63, 3.8) is 0 Å². The first-order chi connectivity index (χ1) is 4.20. The van der Waals surface area contributed by atoms with E-state index in [2.05, 4.69) is 5.32 Å². The fourth-order valence-corrected chi connectivity index (χ4v) is 0.808. The summed E-state index contributed by atoms with van der Waals surface area (Å²) >= 11 is 0. The lowest BCUT2D eigenvalue weighted by Gasteiger charge is -2.20. The Morgan fingerprint density at radius 1 is 1.78 bits per heavy atom. The van der Waals surface area contributed by atoms with Crippen LogP contribution >= 0.6 is 0 Å². The topological polar surface area (TPSA) is 55.1 Å². The van der Waals surface area contributed by atoms with Gasteiger partial charge in [-0.2, -0.15) is 0 Å². The first-order valence-corrected chi connectivity index (χ1v) is 2.87. The third-order valence-corrected chi connectivity index (χ3v) is 1.34. The number of halogens is 1. The second kappa shape index (κ2) is 2.31. The van der Waals surface area contributed by atoms with E-state index < -0.39 is 12.2 Å². The number of alkyl halides is 1. The number of amides is 1. The van der Waals surface area contributed by atoms with Crippen LogP contribution in [0.5, 0.6) is 0 Å². The Bertz CT molecular complexity index is 128. The van der Waals surface area contributed by atoms with E-state index in [-0.39, 0.29) is 18.9 Å². The summed E-state index contributed by atoms with van der Waals surface area (Å²) in [5.41, 5.74) is 5.22. The van der Waals surface area contributed by atoms with Crippen molar-refractivity contribution in [3.8, 4) is 0 Å². The van der Waals surface area contributed by atoms with E-state index in [1.165, 1.54) is 0 Å². The molecule has 0 unspecified atom stereocenters. The van der Waals surface area contributed by atoms with E-state index in [9.17, 15) is 9.18 Å². The van der Waals surface area contributed by atoms with Crippen LogP contribution in [0.4, 0.5) is 4.39 Å². The highest BCUT2D eigenvalue weighted by Crippen LogP contribution is 2.04. The normalized spacial score (nSPS) is 36.0. The number of nitrogens with two attached hydrogens (primary N) is 1. The van der Waals surface area contributed by atoms with Crippen LogP contribution in [-0.2, 0) is 4.79 Å². The molecule has 2 atom stereocenters. The fraction of sp³-hybridized carbons (Fsp3) is 0.800. The van der Waals surface area contributed by atoms with Crippen LogP contribution in [0.15, 0.2) is 0 Å². The smallest absolute Gasteiger partial charge is 0.237 e. The van der Waals surface area contributed by atoms with E-state index in [0.29, 0.717) is 0 Å². The predicted molar refractivity (Wildman–Crippen MR) is 30.5 cm³/mol. The molecular weight excluding hydrogens is 123 g/mol. The highest BCUT2D eigenvalue weighted by atomic mass is 19.1. The maximum absolute atomic E-state index is 12.3. The van der Waals surface area contributed by atoms with Crippen LogP contribution in [0.3, 0.4) is 0 Å². The minimum atomic E-state index is -0.960. The molecule has 0 aromatic rings. The zero-order valence-corrected chi connectivity index (χ0v) is 4.93. The summed E-state index contributed by atoms with van der Waals surface area (Å²) in [7, 11) is 0. The third kappa shape index (κ3) is 1.38. The van der Waals surface area contributed by atoms with Gasteiger partial charge in [-0.3, -0.25) is 4.79 Å². The first-order valence-electron chi connectivity index (χ1n) is 2.87. The lowest BCUT2D eigenvalue weighted by Crippen LogP contribution is -2.49. The Hall–Kier alpha value is -0.640. The van der Waals surface area contributed by atoms with E-state index >= 15 is 0 Å². The largest absolute Gasteiger partial charge is 0.352 e. The third-order valence-electron chi connectivity index (χ3n) is 1.34. The molecule has 4 heteroatoms. The highest BCUT2D eigenvalue weighted by molar-refractivity contribution is 5.82. The molecular formula is C5H9FN2O. The molecule has 0 spiro atoms. The van der Waals surface area contributed by atoms with Gasteiger partial charge in [0.15, 0.2) is 0 Å². The molecule has 9 heavy (non-hydrogen) atoms. The van der Waals surface area contributed by atoms with E-state index in [1.807, 2.05) is 0 Å². The maximum atomic E-state index is 12.3. The Morgan fingerprint density at radius 2 is 2.44 bits per heavy atom. The summed E-state index contributed by atoms with van der Waals surface area (Å²) in [6.07, 6.45) is -0.802. The van der Waals surface area contributed by atoms with Crippen LogP contribution in [0.1, 0.15) is 6.42 Å². The van der Waals surface area contributed by atoms with E-state index in [1.54, 1.807) is 0 Å². The molecule has 1 aliphatic rings. The van der Waals surface area contributed by atoms with Crippen molar-refractivity contribution >= 4 is 5.91 Å². The van der Waals surface area contributed by atoms with Crippen LogP contribution in [0.2, 0.25) is 0 Å². The average molecular weight is 132 g/mol. The van der Waals surface area contributed by atoms with Crippen molar-refractivity contribution in [2.24, 2.45) is 5.73 Å². The molecule has 3 nitrogen and oxygen atoms in total. The monoisotopic (exact) mass is 132 g/mol. The Balaban J connectivity index is 2.44. The number of hydrogen-bond donors (Lipinski definition) is 2. The SMILES string of the molecule is N[C@H]1C[C@@H](F)CNC1=O. The molecule has 1 saturated heterocycles. The summed E-state index contributed by atoms with van der Waals surface area (Å²) < 4.78 is 12.3. The second-order valence-electron chi connectivity index (χ2n) is 2.18. The van der Waals surface area contributed by atoms with Crippen LogP contribution in [-0.4, -0.2) is 24.7 Å². The quantitative estimate of drug-likeness (QED) is 0.452. The number of carbonyl (C=O) groups excluding carboxylic acids is 1. The molecule has 1 amide bonds. The second-order valence-corrected chi connectivity index (χ2v) is 2.18.